The summed E-state index contributed by atoms with van der Waals surface area (Å²) in [7, 11) is 0. The fraction of sp³-hybridized carbons (Fsp3) is 0.522. The van der Waals surface area contributed by atoms with Gasteiger partial charge in [0.15, 0.2) is 5.11 Å². The summed E-state index contributed by atoms with van der Waals surface area (Å²) < 4.78 is 0. The van der Waals surface area contributed by atoms with Gasteiger partial charge in [-0.25, -0.2) is 0 Å². The second-order valence-corrected chi connectivity index (χ2v) is 8.50. The number of aliphatic carboxylic acids is 1. The molecule has 0 aliphatic heterocycles. The van der Waals surface area contributed by atoms with Crippen LogP contribution in [0.1, 0.15) is 51.9 Å². The van der Waals surface area contributed by atoms with Crippen LogP contribution in [0.4, 0.5) is 5.69 Å². The highest BCUT2D eigenvalue weighted by Crippen LogP contribution is 2.54. The number of hydrazone groups is 1. The number of allylic oxidation sites excluding steroid dienone is 2. The summed E-state index contributed by atoms with van der Waals surface area (Å²) in [4.78, 5) is 10.7. The van der Waals surface area contributed by atoms with Crippen molar-refractivity contribution < 1.29 is 9.90 Å². The zero-order valence-electron chi connectivity index (χ0n) is 17.0. The number of benzene rings is 1. The molecule has 3 N–H and O–H groups in total. The highest BCUT2D eigenvalue weighted by Gasteiger charge is 2.48. The van der Waals surface area contributed by atoms with Crippen molar-refractivity contribution in [3.05, 3.63) is 42.5 Å². The number of hydrogen-bond acceptors (Lipinski definition) is 3. The quantitative estimate of drug-likeness (QED) is 0.224. The number of carbonyl (C=O) groups is 1. The van der Waals surface area contributed by atoms with E-state index in [0.717, 1.165) is 23.7 Å². The largest absolute Gasteiger partial charge is 0.481 e. The minimum Gasteiger partial charge on any atom is -0.481 e. The van der Waals surface area contributed by atoms with E-state index >= 15 is 0 Å². The van der Waals surface area contributed by atoms with Crippen molar-refractivity contribution in [2.24, 2.45) is 28.8 Å². The van der Waals surface area contributed by atoms with Crippen molar-refractivity contribution in [3.63, 3.8) is 0 Å². The predicted octanol–water partition coefficient (Wildman–Crippen LogP) is 5.21. The van der Waals surface area contributed by atoms with Gasteiger partial charge in [0.05, 0.1) is 5.71 Å². The van der Waals surface area contributed by atoms with Gasteiger partial charge in [-0.2, -0.15) is 5.10 Å². The molecule has 1 aromatic rings. The first-order chi connectivity index (χ1) is 14.1. The lowest BCUT2D eigenvalue weighted by Gasteiger charge is -2.30. The molecule has 4 unspecified atom stereocenters. The number of nitrogens with one attached hydrogen (secondary N) is 2. The lowest BCUT2D eigenvalue weighted by Crippen LogP contribution is -2.32. The van der Waals surface area contributed by atoms with Gasteiger partial charge in [-0.1, -0.05) is 37.6 Å². The second-order valence-electron chi connectivity index (χ2n) is 8.09. The average molecular weight is 414 g/mol. The number of thiocarbonyl (C=S) groups is 1. The number of anilines is 1. The first kappa shape index (κ1) is 21.5. The van der Waals surface area contributed by atoms with Gasteiger partial charge in [-0.3, -0.25) is 10.2 Å². The maximum absolute atomic E-state index is 10.7. The molecule has 2 fully saturated rings. The first-order valence-electron chi connectivity index (χ1n) is 10.7. The van der Waals surface area contributed by atoms with E-state index in [1.807, 2.05) is 30.3 Å². The molecule has 0 spiro atoms. The van der Waals surface area contributed by atoms with Crippen molar-refractivity contribution in [2.45, 2.75) is 51.9 Å². The van der Waals surface area contributed by atoms with Gasteiger partial charge in [-0.05, 0) is 80.3 Å². The third kappa shape index (κ3) is 5.89. The molecule has 2 saturated carbocycles. The minimum absolute atomic E-state index is 0.200. The molecule has 6 heteroatoms. The summed E-state index contributed by atoms with van der Waals surface area (Å²) in [5.74, 6) is 1.90. The highest BCUT2D eigenvalue weighted by atomic mass is 32.1. The molecule has 2 aliphatic rings. The van der Waals surface area contributed by atoms with Crippen LogP contribution in [0.2, 0.25) is 0 Å². The Bertz CT molecular complexity index is 763. The van der Waals surface area contributed by atoms with Crippen molar-refractivity contribution in [1.29, 1.82) is 0 Å². The summed E-state index contributed by atoms with van der Waals surface area (Å²) in [5, 5.41) is 17.2. The zero-order valence-corrected chi connectivity index (χ0v) is 17.8. The van der Waals surface area contributed by atoms with Crippen molar-refractivity contribution >= 4 is 34.7 Å². The van der Waals surface area contributed by atoms with E-state index in [2.05, 4.69) is 29.8 Å². The number of rotatable bonds is 9. The fourth-order valence-corrected chi connectivity index (χ4v) is 5.22. The average Bonchev–Trinajstić information content (AvgIpc) is 3.32. The molecule has 0 saturated heterocycles. The van der Waals surface area contributed by atoms with Gasteiger partial charge in [0.2, 0.25) is 0 Å². The van der Waals surface area contributed by atoms with Crippen LogP contribution in [-0.2, 0) is 4.79 Å². The third-order valence-corrected chi connectivity index (χ3v) is 6.46. The van der Waals surface area contributed by atoms with Crippen LogP contribution in [-0.4, -0.2) is 21.9 Å². The maximum atomic E-state index is 10.7. The Hall–Kier alpha value is -2.21. The van der Waals surface area contributed by atoms with E-state index in [4.69, 9.17) is 22.4 Å². The molecule has 3 rings (SSSR count). The lowest BCUT2D eigenvalue weighted by molar-refractivity contribution is -0.137. The number of carboxylic acid groups (broad SMARTS) is 1. The molecular weight excluding hydrogens is 382 g/mol. The summed E-state index contributed by atoms with van der Waals surface area (Å²) >= 11 is 5.42. The van der Waals surface area contributed by atoms with Crippen molar-refractivity contribution in [2.75, 3.05) is 5.32 Å². The monoisotopic (exact) mass is 413 g/mol. The van der Waals surface area contributed by atoms with Crippen LogP contribution in [0.25, 0.3) is 0 Å². The second kappa shape index (κ2) is 10.5. The Morgan fingerprint density at radius 3 is 2.76 bits per heavy atom. The molecule has 0 heterocycles. The smallest absolute Gasteiger partial charge is 0.303 e. The lowest BCUT2D eigenvalue weighted by atomic mass is 9.75. The van der Waals surface area contributed by atoms with Gasteiger partial charge < -0.3 is 10.4 Å². The van der Waals surface area contributed by atoms with Crippen LogP contribution in [0.15, 0.2) is 47.6 Å². The van der Waals surface area contributed by atoms with E-state index in [1.54, 1.807) is 0 Å². The summed E-state index contributed by atoms with van der Waals surface area (Å²) in [6, 6.07) is 9.81. The molecule has 2 aliphatic carbocycles. The topological polar surface area (TPSA) is 73.7 Å². The van der Waals surface area contributed by atoms with Crippen LogP contribution in [0, 0.1) is 23.7 Å². The summed E-state index contributed by atoms with van der Waals surface area (Å²) in [5.41, 5.74) is 5.01. The molecule has 2 bridgehead atoms. The standard InChI is InChI=1S/C23H31N3O2S/c1-2-19-16-13-14-17(15-16)22(19)20(11-7-4-8-12-21(27)28)25-26-23(29)24-18-9-5-3-6-10-18/h3,5-7,9-11,16-17,19,22H,2,4,8,12-15H2,1H3,(H,27,28)(H2,24,26,29)/b11-7-,25-20?. The van der Waals surface area contributed by atoms with E-state index in [0.29, 0.717) is 29.3 Å². The number of fused-ring (bicyclic) bond motifs is 2. The minimum atomic E-state index is -0.745. The Morgan fingerprint density at radius 2 is 2.03 bits per heavy atom. The Balaban J connectivity index is 1.68. The van der Waals surface area contributed by atoms with Crippen LogP contribution < -0.4 is 10.7 Å². The zero-order chi connectivity index (χ0) is 20.6. The van der Waals surface area contributed by atoms with E-state index in [-0.39, 0.29) is 6.42 Å². The Morgan fingerprint density at radius 1 is 1.28 bits per heavy atom. The normalized spacial score (nSPS) is 26.0. The molecule has 0 radical (unpaired) electrons. The van der Waals surface area contributed by atoms with Gasteiger partial charge >= 0.3 is 5.97 Å². The van der Waals surface area contributed by atoms with Crippen molar-refractivity contribution in [1.82, 2.24) is 5.43 Å². The molecule has 156 valence electrons. The maximum Gasteiger partial charge on any atom is 0.303 e. The highest BCUT2D eigenvalue weighted by molar-refractivity contribution is 7.80. The van der Waals surface area contributed by atoms with Gasteiger partial charge in [0.1, 0.15) is 0 Å². The molecule has 0 amide bonds. The summed E-state index contributed by atoms with van der Waals surface area (Å²) in [6.45, 7) is 2.28. The summed E-state index contributed by atoms with van der Waals surface area (Å²) in [6.07, 6.45) is 10.9. The number of hydrogen-bond donors (Lipinski definition) is 3. The molecule has 4 atom stereocenters. The molecular formula is C23H31N3O2S. The Labute approximate surface area is 178 Å². The number of carboxylic acids is 1. The third-order valence-electron chi connectivity index (χ3n) is 6.27. The predicted molar refractivity (Wildman–Crippen MR) is 122 cm³/mol. The van der Waals surface area contributed by atoms with Crippen LogP contribution >= 0.6 is 12.2 Å². The molecule has 1 aromatic carbocycles. The van der Waals surface area contributed by atoms with Gasteiger partial charge in [0.25, 0.3) is 0 Å². The van der Waals surface area contributed by atoms with E-state index in [9.17, 15) is 4.79 Å². The Kier molecular flexibility index (Phi) is 7.81. The fourth-order valence-electron chi connectivity index (χ4n) is 5.05. The van der Waals surface area contributed by atoms with Gasteiger partial charge in [0, 0.05) is 18.0 Å². The number of para-hydroxylation sites is 1. The molecule has 5 nitrogen and oxygen atoms in total. The number of nitrogens with zero attached hydrogens (tertiary/aromatic N) is 1. The van der Waals surface area contributed by atoms with Crippen LogP contribution in [0.3, 0.4) is 0 Å². The van der Waals surface area contributed by atoms with E-state index < -0.39 is 5.97 Å². The molecule has 29 heavy (non-hydrogen) atoms. The van der Waals surface area contributed by atoms with E-state index in [1.165, 1.54) is 25.7 Å². The number of unbranched alkanes of at least 4 members (excludes halogenated alkanes) is 1. The van der Waals surface area contributed by atoms with Crippen LogP contribution in [0.5, 0.6) is 0 Å². The van der Waals surface area contributed by atoms with Crippen molar-refractivity contribution in [3.8, 4) is 0 Å². The van der Waals surface area contributed by atoms with Gasteiger partial charge in [-0.15, -0.1) is 0 Å². The first-order valence-corrected chi connectivity index (χ1v) is 11.1. The molecule has 0 aromatic heterocycles. The SMILES string of the molecule is CCC1C2CCC(C2)C1C(/C=C\CCCC(=O)O)=NNC(=S)Nc1ccccc1.